The molecule has 34 heavy (non-hydrogen) atoms. The molecule has 1 saturated heterocycles. The van der Waals surface area contributed by atoms with Gasteiger partial charge in [0.25, 0.3) is 5.56 Å². The summed E-state index contributed by atoms with van der Waals surface area (Å²) in [6.45, 7) is 7.45. The van der Waals surface area contributed by atoms with Crippen LogP contribution in [0.4, 0.5) is 16.2 Å². The Bertz CT molecular complexity index is 1090. The molecule has 10 heteroatoms. The Hall–Kier alpha value is -2.78. The van der Waals surface area contributed by atoms with Crippen molar-refractivity contribution >= 4 is 29.1 Å². The lowest BCUT2D eigenvalue weighted by Gasteiger charge is -2.23. The number of carbonyl (C=O) groups is 1. The summed E-state index contributed by atoms with van der Waals surface area (Å²) in [5.41, 5.74) is 2.56. The Morgan fingerprint density at radius 1 is 1.26 bits per heavy atom. The number of likely N-dealkylation sites (tertiary alicyclic amines) is 1. The molecule has 2 atom stereocenters. The molecule has 186 valence electrons. The predicted octanol–water partition coefficient (Wildman–Crippen LogP) is 3.48. The number of aromatic nitrogens is 2. The maximum atomic E-state index is 13.6. The van der Waals surface area contributed by atoms with Crippen LogP contribution in [0, 0.1) is 0 Å². The van der Waals surface area contributed by atoms with Gasteiger partial charge in [0.1, 0.15) is 11.5 Å². The van der Waals surface area contributed by atoms with E-state index in [0.29, 0.717) is 60.5 Å². The van der Waals surface area contributed by atoms with E-state index in [2.05, 4.69) is 5.32 Å². The Morgan fingerprint density at radius 2 is 2.00 bits per heavy atom. The first-order valence-corrected chi connectivity index (χ1v) is 11.9. The molecule has 2 aromatic rings. The maximum absolute atomic E-state index is 13.6. The first-order valence-electron chi connectivity index (χ1n) is 11.6. The molecule has 1 aliphatic rings. The zero-order valence-electron chi connectivity index (χ0n) is 20.7. The topological polar surface area (TPSA) is 88.9 Å². The third-order valence-electron chi connectivity index (χ3n) is 6.01. The normalized spacial score (nSPS) is 17.7. The molecular formula is C24H34ClN5O4. The summed E-state index contributed by atoms with van der Waals surface area (Å²) in [7, 11) is 5.24. The van der Waals surface area contributed by atoms with E-state index in [0.717, 1.165) is 5.69 Å². The van der Waals surface area contributed by atoms with E-state index >= 15 is 0 Å². The predicted molar refractivity (Wildman–Crippen MR) is 135 cm³/mol. The van der Waals surface area contributed by atoms with Crippen molar-refractivity contribution in [2.75, 3.05) is 51.1 Å². The Morgan fingerprint density at radius 3 is 2.56 bits per heavy atom. The molecule has 2 heterocycles. The van der Waals surface area contributed by atoms with Crippen LogP contribution < -0.4 is 15.8 Å². The van der Waals surface area contributed by atoms with Crippen LogP contribution in [-0.2, 0) is 22.4 Å². The maximum Gasteiger partial charge on any atom is 0.409 e. The van der Waals surface area contributed by atoms with Gasteiger partial charge in [-0.15, -0.1) is 0 Å². The van der Waals surface area contributed by atoms with Crippen LogP contribution in [0.15, 0.2) is 23.0 Å². The molecule has 1 N–H and O–H groups in total. The van der Waals surface area contributed by atoms with Crippen LogP contribution in [0.5, 0.6) is 0 Å². The number of methoxy groups -OCH3 is 1. The first kappa shape index (κ1) is 25.8. The number of benzene rings is 1. The largest absolute Gasteiger partial charge is 0.453 e. The van der Waals surface area contributed by atoms with Gasteiger partial charge in [0.05, 0.1) is 36.5 Å². The van der Waals surface area contributed by atoms with Crippen molar-refractivity contribution in [3.8, 4) is 11.4 Å². The second kappa shape index (κ2) is 11.1. The first-order chi connectivity index (χ1) is 16.2. The van der Waals surface area contributed by atoms with Gasteiger partial charge in [0.2, 0.25) is 0 Å². The van der Waals surface area contributed by atoms with Gasteiger partial charge in [-0.1, -0.05) is 18.5 Å². The standard InChI is InChI=1S/C24H34ClN5O4/c1-7-18-21(26-19-13-29(24(32)33-6)14-20(19)34-9-3)23(31)30(8-2)22(27-18)16-11-10-15(28(4)5)12-17(16)25/h10-12,19-20,26H,7-9,13-14H2,1-6H3. The molecule has 0 radical (unpaired) electrons. The van der Waals surface area contributed by atoms with E-state index in [1.54, 1.807) is 9.47 Å². The summed E-state index contributed by atoms with van der Waals surface area (Å²) >= 11 is 6.61. The number of halogens is 1. The molecule has 0 spiro atoms. The van der Waals surface area contributed by atoms with Gasteiger partial charge in [0, 0.05) is 45.0 Å². The number of amides is 1. The number of aryl methyl sites for hydroxylation is 1. The summed E-state index contributed by atoms with van der Waals surface area (Å²) in [6, 6.07) is 5.46. The van der Waals surface area contributed by atoms with E-state index in [9.17, 15) is 9.59 Å². The van der Waals surface area contributed by atoms with Crippen molar-refractivity contribution in [1.82, 2.24) is 14.5 Å². The zero-order chi connectivity index (χ0) is 25.0. The summed E-state index contributed by atoms with van der Waals surface area (Å²) in [6.07, 6.45) is -0.133. The molecule has 1 aromatic heterocycles. The molecule has 1 aromatic carbocycles. The van der Waals surface area contributed by atoms with Crippen molar-refractivity contribution < 1.29 is 14.3 Å². The number of nitrogens with one attached hydrogen (secondary N) is 1. The summed E-state index contributed by atoms with van der Waals surface area (Å²) in [5, 5.41) is 3.89. The second-order valence-electron chi connectivity index (χ2n) is 8.34. The minimum absolute atomic E-state index is 0.177. The van der Waals surface area contributed by atoms with E-state index in [1.807, 2.05) is 58.0 Å². The Labute approximate surface area is 205 Å². The fourth-order valence-electron chi connectivity index (χ4n) is 4.22. The highest BCUT2D eigenvalue weighted by atomic mass is 35.5. The molecule has 1 fully saturated rings. The van der Waals surface area contributed by atoms with Crippen LogP contribution in [0.2, 0.25) is 5.02 Å². The minimum atomic E-state index is -0.417. The smallest absolute Gasteiger partial charge is 0.409 e. The summed E-state index contributed by atoms with van der Waals surface area (Å²) < 4.78 is 12.4. The third kappa shape index (κ3) is 5.15. The van der Waals surface area contributed by atoms with Gasteiger partial charge in [-0.3, -0.25) is 9.36 Å². The Kier molecular flexibility index (Phi) is 8.43. The van der Waals surface area contributed by atoms with Gasteiger partial charge >= 0.3 is 6.09 Å². The third-order valence-corrected chi connectivity index (χ3v) is 6.33. The van der Waals surface area contributed by atoms with E-state index in [1.165, 1.54) is 7.11 Å². The van der Waals surface area contributed by atoms with Gasteiger partial charge in [-0.25, -0.2) is 9.78 Å². The molecule has 0 aliphatic carbocycles. The van der Waals surface area contributed by atoms with Gasteiger partial charge < -0.3 is 24.6 Å². The fraction of sp³-hybridized carbons (Fsp3) is 0.542. The summed E-state index contributed by atoms with van der Waals surface area (Å²) in [4.78, 5) is 34.1. The van der Waals surface area contributed by atoms with Gasteiger partial charge in [-0.2, -0.15) is 0 Å². The fourth-order valence-corrected chi connectivity index (χ4v) is 4.48. The average molecular weight is 492 g/mol. The average Bonchev–Trinajstić information content (AvgIpc) is 3.22. The second-order valence-corrected chi connectivity index (χ2v) is 8.75. The van der Waals surface area contributed by atoms with Crippen LogP contribution in [0.1, 0.15) is 26.5 Å². The van der Waals surface area contributed by atoms with E-state index in [4.69, 9.17) is 26.1 Å². The molecular weight excluding hydrogens is 458 g/mol. The SMILES string of the molecule is CCOC1CN(C(=O)OC)CC1Nc1c(CC)nc(-c2ccc(N(C)C)cc2Cl)n(CC)c1=O. The number of ether oxygens (including phenoxy) is 2. The number of anilines is 2. The number of nitrogens with zero attached hydrogens (tertiary/aromatic N) is 4. The molecule has 1 aliphatic heterocycles. The number of carbonyl (C=O) groups excluding carboxylic acids is 1. The van der Waals surface area contributed by atoms with E-state index < -0.39 is 6.09 Å². The number of hydrogen-bond donors (Lipinski definition) is 1. The molecule has 1 amide bonds. The quantitative estimate of drug-likeness (QED) is 0.604. The molecule has 0 bridgehead atoms. The highest BCUT2D eigenvalue weighted by Crippen LogP contribution is 2.31. The lowest BCUT2D eigenvalue weighted by atomic mass is 10.1. The highest BCUT2D eigenvalue weighted by molar-refractivity contribution is 6.33. The molecule has 9 nitrogen and oxygen atoms in total. The van der Waals surface area contributed by atoms with E-state index in [-0.39, 0.29) is 17.7 Å². The van der Waals surface area contributed by atoms with Crippen molar-refractivity contribution in [1.29, 1.82) is 0 Å². The number of rotatable bonds is 8. The molecule has 0 saturated carbocycles. The zero-order valence-corrected chi connectivity index (χ0v) is 21.5. The summed E-state index contributed by atoms with van der Waals surface area (Å²) in [5.74, 6) is 0.536. The monoisotopic (exact) mass is 491 g/mol. The van der Waals surface area contributed by atoms with Crippen LogP contribution >= 0.6 is 11.6 Å². The van der Waals surface area contributed by atoms with Crippen molar-refractivity contribution in [2.24, 2.45) is 0 Å². The van der Waals surface area contributed by atoms with Crippen LogP contribution in [0.25, 0.3) is 11.4 Å². The van der Waals surface area contributed by atoms with Crippen molar-refractivity contribution in [3.05, 3.63) is 39.3 Å². The van der Waals surface area contributed by atoms with Crippen molar-refractivity contribution in [3.63, 3.8) is 0 Å². The highest BCUT2D eigenvalue weighted by Gasteiger charge is 2.37. The minimum Gasteiger partial charge on any atom is -0.453 e. The number of hydrogen-bond acceptors (Lipinski definition) is 7. The lowest BCUT2D eigenvalue weighted by molar-refractivity contribution is 0.0614. The van der Waals surface area contributed by atoms with Crippen molar-refractivity contribution in [2.45, 2.75) is 45.9 Å². The molecule has 2 unspecified atom stereocenters. The van der Waals surface area contributed by atoms with Crippen LogP contribution in [-0.4, -0.2) is 73.6 Å². The molecule has 3 rings (SSSR count). The lowest BCUT2D eigenvalue weighted by Crippen LogP contribution is -2.38. The van der Waals surface area contributed by atoms with Gasteiger partial charge in [0.15, 0.2) is 0 Å². The Balaban J connectivity index is 2.03. The van der Waals surface area contributed by atoms with Gasteiger partial charge in [-0.05, 0) is 38.5 Å². The van der Waals surface area contributed by atoms with Crippen LogP contribution in [0.3, 0.4) is 0 Å².